The van der Waals surface area contributed by atoms with Gasteiger partial charge in [0, 0.05) is 12.8 Å². The van der Waals surface area contributed by atoms with Crippen LogP contribution in [-0.4, -0.2) is 14.8 Å². The predicted octanol–water partition coefficient (Wildman–Crippen LogP) is 5.72. The molecule has 0 radical (unpaired) electrons. The summed E-state index contributed by atoms with van der Waals surface area (Å²) in [5.74, 6) is 0.634. The lowest BCUT2D eigenvalue weighted by Crippen LogP contribution is -2.07. The Morgan fingerprint density at radius 1 is 0.900 bits per heavy atom. The number of benzene rings is 2. The zero-order chi connectivity index (χ0) is 21.9. The van der Waals surface area contributed by atoms with E-state index in [1.165, 1.54) is 30.0 Å². The van der Waals surface area contributed by atoms with Crippen molar-refractivity contribution in [2.24, 2.45) is 7.05 Å². The fourth-order valence-corrected chi connectivity index (χ4v) is 3.36. The second-order valence-corrected chi connectivity index (χ2v) is 7.20. The molecule has 0 unspecified atom stereocenters. The van der Waals surface area contributed by atoms with Gasteiger partial charge in [0.1, 0.15) is 12.4 Å². The van der Waals surface area contributed by atoms with Crippen molar-refractivity contribution in [3.63, 3.8) is 0 Å². The first kappa shape index (κ1) is 22.0. The molecule has 3 rings (SSSR count). The van der Waals surface area contributed by atoms with E-state index in [9.17, 15) is 26.3 Å². The summed E-state index contributed by atoms with van der Waals surface area (Å²) in [7, 11) is 1.64. The van der Waals surface area contributed by atoms with Crippen LogP contribution in [0, 0.1) is 0 Å². The molecule has 3 aromatic rings. The van der Waals surface area contributed by atoms with Crippen LogP contribution in [0.3, 0.4) is 0 Å². The minimum atomic E-state index is -4.47. The van der Waals surface area contributed by atoms with Crippen molar-refractivity contribution in [1.29, 1.82) is 0 Å². The van der Waals surface area contributed by atoms with Gasteiger partial charge in [0.2, 0.25) is 0 Å². The number of rotatable bonds is 6. The van der Waals surface area contributed by atoms with E-state index in [0.717, 1.165) is 24.3 Å². The van der Waals surface area contributed by atoms with Gasteiger partial charge in [-0.25, -0.2) is 0 Å². The van der Waals surface area contributed by atoms with Crippen molar-refractivity contribution in [2.75, 3.05) is 0 Å². The van der Waals surface area contributed by atoms with Crippen molar-refractivity contribution in [2.45, 2.75) is 29.9 Å². The molecule has 0 bridgehead atoms. The van der Waals surface area contributed by atoms with Gasteiger partial charge in [-0.2, -0.15) is 26.3 Å². The largest absolute Gasteiger partial charge is 0.486 e. The van der Waals surface area contributed by atoms with Gasteiger partial charge in [0.05, 0.1) is 11.1 Å². The number of hydrogen-bond acceptors (Lipinski definition) is 4. The fourth-order valence-electron chi connectivity index (χ4n) is 2.49. The summed E-state index contributed by atoms with van der Waals surface area (Å²) in [6.07, 6.45) is -8.89. The maximum atomic E-state index is 12.8. The zero-order valence-electron chi connectivity index (χ0n) is 15.5. The second-order valence-electron chi connectivity index (χ2n) is 6.26. The van der Waals surface area contributed by atoms with Crippen LogP contribution in [0.5, 0.6) is 5.75 Å². The third-order valence-electron chi connectivity index (χ3n) is 4.08. The van der Waals surface area contributed by atoms with Crippen LogP contribution in [0.1, 0.15) is 22.5 Å². The molecule has 1 aromatic heterocycles. The SMILES string of the molecule is Cn1c(COc2cccc(C(F)(F)F)c2)nnc1SCc1cccc(C(F)(F)F)c1. The van der Waals surface area contributed by atoms with Crippen LogP contribution < -0.4 is 4.74 Å². The Morgan fingerprint density at radius 3 is 2.20 bits per heavy atom. The average molecular weight is 447 g/mol. The molecule has 30 heavy (non-hydrogen) atoms. The highest BCUT2D eigenvalue weighted by Gasteiger charge is 2.31. The number of halogens is 6. The van der Waals surface area contributed by atoms with E-state index in [-0.39, 0.29) is 18.1 Å². The molecule has 0 aliphatic carbocycles. The lowest BCUT2D eigenvalue weighted by atomic mass is 10.1. The van der Waals surface area contributed by atoms with E-state index in [1.807, 2.05) is 0 Å². The predicted molar refractivity (Wildman–Crippen MR) is 97.8 cm³/mol. The van der Waals surface area contributed by atoms with Gasteiger partial charge in [-0.3, -0.25) is 0 Å². The summed E-state index contributed by atoms with van der Waals surface area (Å²) in [6.45, 7) is -0.116. The van der Waals surface area contributed by atoms with Crippen molar-refractivity contribution >= 4 is 11.8 Å². The van der Waals surface area contributed by atoms with Gasteiger partial charge in [0.15, 0.2) is 11.0 Å². The molecule has 0 saturated carbocycles. The Bertz CT molecular complexity index is 937. The molecule has 160 valence electrons. The first-order valence-electron chi connectivity index (χ1n) is 8.51. The smallest absolute Gasteiger partial charge is 0.416 e. The zero-order valence-corrected chi connectivity index (χ0v) is 16.3. The molecule has 0 amide bonds. The maximum Gasteiger partial charge on any atom is 0.416 e. The highest BCUT2D eigenvalue weighted by molar-refractivity contribution is 7.98. The average Bonchev–Trinajstić information content (AvgIpc) is 3.03. The normalized spacial score (nSPS) is 12.2. The molecule has 1 heterocycles. The summed E-state index contributed by atoms with van der Waals surface area (Å²) in [6, 6.07) is 9.46. The number of aromatic nitrogens is 3. The molecule has 4 nitrogen and oxygen atoms in total. The first-order chi connectivity index (χ1) is 14.0. The minimum Gasteiger partial charge on any atom is -0.486 e. The second kappa shape index (κ2) is 8.58. The van der Waals surface area contributed by atoms with Gasteiger partial charge in [0.25, 0.3) is 0 Å². The molecule has 0 fully saturated rings. The number of hydrogen-bond donors (Lipinski definition) is 0. The number of thioether (sulfide) groups is 1. The molecular weight excluding hydrogens is 432 g/mol. The van der Waals surface area contributed by atoms with E-state index in [4.69, 9.17) is 4.74 Å². The third kappa shape index (κ3) is 5.47. The Morgan fingerprint density at radius 2 is 1.53 bits per heavy atom. The van der Waals surface area contributed by atoms with Gasteiger partial charge in [-0.1, -0.05) is 36.0 Å². The molecule has 0 atom stereocenters. The van der Waals surface area contributed by atoms with Gasteiger partial charge < -0.3 is 9.30 Å². The van der Waals surface area contributed by atoms with E-state index in [2.05, 4.69) is 10.2 Å². The molecule has 0 N–H and O–H groups in total. The summed E-state index contributed by atoms with van der Waals surface area (Å²) < 4.78 is 83.7. The summed E-state index contributed by atoms with van der Waals surface area (Å²) in [4.78, 5) is 0. The van der Waals surface area contributed by atoms with E-state index < -0.39 is 23.5 Å². The Kier molecular flexibility index (Phi) is 6.30. The molecule has 0 aliphatic heterocycles. The van der Waals surface area contributed by atoms with Crippen molar-refractivity contribution in [3.05, 3.63) is 71.0 Å². The van der Waals surface area contributed by atoms with Crippen LogP contribution in [0.15, 0.2) is 53.7 Å². The lowest BCUT2D eigenvalue weighted by molar-refractivity contribution is -0.138. The van der Waals surface area contributed by atoms with Crippen molar-refractivity contribution in [1.82, 2.24) is 14.8 Å². The monoisotopic (exact) mass is 447 g/mol. The Hall–Kier alpha value is -2.69. The molecule has 0 spiro atoms. The topological polar surface area (TPSA) is 39.9 Å². The van der Waals surface area contributed by atoms with E-state index in [0.29, 0.717) is 16.5 Å². The summed E-state index contributed by atoms with van der Waals surface area (Å²) >= 11 is 1.19. The van der Waals surface area contributed by atoms with Crippen LogP contribution in [-0.2, 0) is 31.8 Å². The van der Waals surface area contributed by atoms with E-state index in [1.54, 1.807) is 17.7 Å². The van der Waals surface area contributed by atoms with Gasteiger partial charge in [-0.15, -0.1) is 10.2 Å². The molecular formula is C19H15F6N3OS. The van der Waals surface area contributed by atoms with Crippen LogP contribution in [0.2, 0.25) is 0 Å². The molecule has 0 aliphatic rings. The Balaban J connectivity index is 1.63. The maximum absolute atomic E-state index is 12.8. The summed E-state index contributed by atoms with van der Waals surface area (Å²) in [5, 5.41) is 8.34. The number of nitrogens with zero attached hydrogens (tertiary/aromatic N) is 3. The minimum absolute atomic E-state index is 0.0333. The molecule has 2 aromatic carbocycles. The lowest BCUT2D eigenvalue weighted by Gasteiger charge is -2.10. The standard InChI is InChI=1S/C19H15F6N3OS/c1-28-16(10-29-15-7-3-6-14(9-15)19(23,24)25)26-27-17(28)30-11-12-4-2-5-13(8-12)18(20,21)22/h2-9H,10-11H2,1H3. The van der Waals surface area contributed by atoms with Crippen molar-refractivity contribution in [3.8, 4) is 5.75 Å². The Labute approximate surface area is 171 Å². The third-order valence-corrected chi connectivity index (χ3v) is 5.17. The quantitative estimate of drug-likeness (QED) is 0.358. The van der Waals surface area contributed by atoms with E-state index >= 15 is 0 Å². The number of ether oxygens (including phenoxy) is 1. The van der Waals surface area contributed by atoms with Gasteiger partial charge in [-0.05, 0) is 29.8 Å². The van der Waals surface area contributed by atoms with Crippen molar-refractivity contribution < 1.29 is 31.1 Å². The number of alkyl halides is 6. The first-order valence-corrected chi connectivity index (χ1v) is 9.50. The van der Waals surface area contributed by atoms with Gasteiger partial charge >= 0.3 is 12.4 Å². The molecule has 11 heteroatoms. The summed E-state index contributed by atoms with van der Waals surface area (Å²) in [5.41, 5.74) is -1.08. The fraction of sp³-hybridized carbons (Fsp3) is 0.263. The van der Waals surface area contributed by atoms with Crippen LogP contribution in [0.25, 0.3) is 0 Å². The highest BCUT2D eigenvalue weighted by Crippen LogP contribution is 2.32. The van der Waals surface area contributed by atoms with Crippen LogP contribution >= 0.6 is 11.8 Å². The van der Waals surface area contributed by atoms with Crippen LogP contribution in [0.4, 0.5) is 26.3 Å². The highest BCUT2D eigenvalue weighted by atomic mass is 32.2. The molecule has 0 saturated heterocycles.